The zero-order valence-corrected chi connectivity index (χ0v) is 11.9. The molecule has 0 fully saturated rings. The van der Waals surface area contributed by atoms with Gasteiger partial charge in [0.25, 0.3) is 11.5 Å². The minimum absolute atomic E-state index is 0.00716. The molecule has 0 radical (unpaired) electrons. The van der Waals surface area contributed by atoms with Gasteiger partial charge < -0.3 is 15.4 Å². The number of amides is 1. The van der Waals surface area contributed by atoms with Crippen molar-refractivity contribution in [1.29, 1.82) is 0 Å². The molecule has 0 aliphatic heterocycles. The third-order valence-electron chi connectivity index (χ3n) is 3.52. The maximum Gasteiger partial charge on any atom is 0.305 e. The quantitative estimate of drug-likeness (QED) is 0.734. The number of aliphatic carboxylic acids is 1. The molecule has 1 aromatic rings. The summed E-state index contributed by atoms with van der Waals surface area (Å²) in [4.78, 5) is 37.4. The molecule has 0 aliphatic carbocycles. The van der Waals surface area contributed by atoms with E-state index in [2.05, 4.69) is 10.3 Å². The van der Waals surface area contributed by atoms with Crippen LogP contribution >= 0.6 is 0 Å². The largest absolute Gasteiger partial charge is 0.481 e. The second kappa shape index (κ2) is 6.36. The molecule has 1 heterocycles. The average molecular weight is 280 g/mol. The first-order chi connectivity index (χ1) is 9.33. The number of hydrogen-bond donors (Lipinski definition) is 3. The van der Waals surface area contributed by atoms with Gasteiger partial charge in [0.05, 0.1) is 12.0 Å². The normalized spacial score (nSPS) is 11.2. The minimum Gasteiger partial charge on any atom is -0.481 e. The number of aromatic nitrogens is 1. The van der Waals surface area contributed by atoms with Crippen LogP contribution in [0.4, 0.5) is 0 Å². The first kappa shape index (κ1) is 15.9. The van der Waals surface area contributed by atoms with Crippen molar-refractivity contribution >= 4 is 11.9 Å². The monoisotopic (exact) mass is 280 g/mol. The molecule has 0 saturated carbocycles. The number of hydrogen-bond acceptors (Lipinski definition) is 3. The Morgan fingerprint density at radius 3 is 2.35 bits per heavy atom. The number of aryl methyl sites for hydroxylation is 1. The fourth-order valence-electron chi connectivity index (χ4n) is 2.07. The lowest BCUT2D eigenvalue weighted by molar-refractivity contribution is -0.138. The van der Waals surface area contributed by atoms with Gasteiger partial charge in [-0.2, -0.15) is 0 Å². The number of carboxylic acid groups (broad SMARTS) is 1. The summed E-state index contributed by atoms with van der Waals surface area (Å²) < 4.78 is 0. The summed E-state index contributed by atoms with van der Waals surface area (Å²) in [7, 11) is 0. The number of carboxylic acids is 1. The molecule has 0 unspecified atom stereocenters. The fraction of sp³-hybridized carbons (Fsp3) is 0.500. The third-order valence-corrected chi connectivity index (χ3v) is 3.52. The summed E-state index contributed by atoms with van der Waals surface area (Å²) in [5.41, 5.74) is -0.652. The first-order valence-electron chi connectivity index (χ1n) is 6.58. The van der Waals surface area contributed by atoms with Gasteiger partial charge in [-0.3, -0.25) is 14.4 Å². The molecule has 0 aromatic carbocycles. The number of nitrogens with one attached hydrogen (secondary N) is 2. The molecule has 0 spiro atoms. The number of carbonyl (C=O) groups excluding carboxylic acids is 1. The summed E-state index contributed by atoms with van der Waals surface area (Å²) in [5, 5.41) is 11.7. The highest BCUT2D eigenvalue weighted by Gasteiger charge is 2.31. The van der Waals surface area contributed by atoms with E-state index in [-0.39, 0.29) is 12.0 Å². The summed E-state index contributed by atoms with van der Waals surface area (Å²) >= 11 is 0. The molecule has 6 heteroatoms. The van der Waals surface area contributed by atoms with Crippen molar-refractivity contribution in [2.75, 3.05) is 0 Å². The summed E-state index contributed by atoms with van der Waals surface area (Å²) in [5.74, 6) is -1.52. The second-order valence-electron chi connectivity index (χ2n) is 4.90. The fourth-order valence-corrected chi connectivity index (χ4v) is 2.07. The van der Waals surface area contributed by atoms with Gasteiger partial charge in [-0.1, -0.05) is 13.8 Å². The smallest absolute Gasteiger partial charge is 0.305 e. The molecule has 20 heavy (non-hydrogen) atoms. The van der Waals surface area contributed by atoms with Crippen LogP contribution in [0.2, 0.25) is 0 Å². The Bertz CT molecular complexity index is 559. The standard InChI is InChI=1S/C14H20N2O4/c1-4-14(5-2,8-11(17)18)16-13(20)10-7-6-9(3)15-12(10)19/h6-7H,4-5,8H2,1-3H3,(H,15,19)(H,16,20)(H,17,18). The van der Waals surface area contributed by atoms with Crippen LogP contribution in [0.15, 0.2) is 16.9 Å². The van der Waals surface area contributed by atoms with Crippen LogP contribution in [0.5, 0.6) is 0 Å². The van der Waals surface area contributed by atoms with E-state index >= 15 is 0 Å². The predicted molar refractivity (Wildman–Crippen MR) is 74.8 cm³/mol. The van der Waals surface area contributed by atoms with Gasteiger partial charge in [0, 0.05) is 5.69 Å². The lowest BCUT2D eigenvalue weighted by atomic mass is 9.88. The summed E-state index contributed by atoms with van der Waals surface area (Å²) in [6.07, 6.45) is 0.784. The molecular weight excluding hydrogens is 260 g/mol. The van der Waals surface area contributed by atoms with Crippen molar-refractivity contribution < 1.29 is 14.7 Å². The second-order valence-corrected chi connectivity index (χ2v) is 4.90. The van der Waals surface area contributed by atoms with Gasteiger partial charge in [-0.15, -0.1) is 0 Å². The predicted octanol–water partition coefficient (Wildman–Crippen LogP) is 1.45. The van der Waals surface area contributed by atoms with Crippen molar-refractivity contribution in [2.45, 2.75) is 45.6 Å². The Kier molecular flexibility index (Phi) is 5.07. The lowest BCUT2D eigenvalue weighted by Gasteiger charge is -2.31. The van der Waals surface area contributed by atoms with Crippen LogP contribution in [0.1, 0.15) is 49.2 Å². The van der Waals surface area contributed by atoms with Gasteiger partial charge in [0.15, 0.2) is 0 Å². The van der Waals surface area contributed by atoms with Crippen molar-refractivity contribution in [2.24, 2.45) is 0 Å². The zero-order valence-electron chi connectivity index (χ0n) is 11.9. The van der Waals surface area contributed by atoms with Crippen molar-refractivity contribution in [3.63, 3.8) is 0 Å². The Morgan fingerprint density at radius 1 is 1.30 bits per heavy atom. The van der Waals surface area contributed by atoms with Crippen LogP contribution < -0.4 is 10.9 Å². The van der Waals surface area contributed by atoms with E-state index in [0.717, 1.165) is 0 Å². The molecule has 0 atom stereocenters. The summed E-state index contributed by atoms with van der Waals surface area (Å²) in [6, 6.07) is 3.08. The van der Waals surface area contributed by atoms with Gasteiger partial charge >= 0.3 is 5.97 Å². The van der Waals surface area contributed by atoms with Crippen LogP contribution in [0.3, 0.4) is 0 Å². The number of aromatic amines is 1. The van der Waals surface area contributed by atoms with E-state index in [4.69, 9.17) is 5.11 Å². The molecule has 110 valence electrons. The van der Waals surface area contributed by atoms with E-state index < -0.39 is 23.0 Å². The molecule has 1 amide bonds. The number of H-pyrrole nitrogens is 1. The molecule has 6 nitrogen and oxygen atoms in total. The highest BCUT2D eigenvalue weighted by Crippen LogP contribution is 2.20. The van der Waals surface area contributed by atoms with Gasteiger partial charge in [-0.05, 0) is 31.9 Å². The van der Waals surface area contributed by atoms with Crippen molar-refractivity contribution in [3.8, 4) is 0 Å². The Labute approximate surface area is 117 Å². The third kappa shape index (κ3) is 3.69. The van der Waals surface area contributed by atoms with E-state index in [1.807, 2.05) is 13.8 Å². The summed E-state index contributed by atoms with van der Waals surface area (Å²) in [6.45, 7) is 5.34. The lowest BCUT2D eigenvalue weighted by Crippen LogP contribution is -2.50. The molecule has 0 aliphatic rings. The molecule has 0 saturated heterocycles. The molecule has 1 aromatic heterocycles. The number of carbonyl (C=O) groups is 2. The van der Waals surface area contributed by atoms with Gasteiger partial charge in [-0.25, -0.2) is 0 Å². The topological polar surface area (TPSA) is 99.3 Å². The highest BCUT2D eigenvalue weighted by molar-refractivity contribution is 5.94. The highest BCUT2D eigenvalue weighted by atomic mass is 16.4. The zero-order chi connectivity index (χ0) is 15.3. The number of rotatable bonds is 6. The Hall–Kier alpha value is -2.11. The van der Waals surface area contributed by atoms with E-state index in [0.29, 0.717) is 18.5 Å². The Morgan fingerprint density at radius 2 is 1.90 bits per heavy atom. The van der Waals surface area contributed by atoms with Gasteiger partial charge in [0.1, 0.15) is 5.56 Å². The van der Waals surface area contributed by atoms with E-state index in [9.17, 15) is 14.4 Å². The molecule has 1 rings (SSSR count). The average Bonchev–Trinajstić information content (AvgIpc) is 2.37. The maximum absolute atomic E-state index is 12.2. The van der Waals surface area contributed by atoms with Crippen molar-refractivity contribution in [1.82, 2.24) is 10.3 Å². The SMILES string of the molecule is CCC(CC)(CC(=O)O)NC(=O)c1ccc(C)[nH]c1=O. The van der Waals surface area contributed by atoms with E-state index in [1.54, 1.807) is 13.0 Å². The van der Waals surface area contributed by atoms with Crippen LogP contribution in [0, 0.1) is 6.92 Å². The molecular formula is C14H20N2O4. The first-order valence-corrected chi connectivity index (χ1v) is 6.58. The van der Waals surface area contributed by atoms with E-state index in [1.165, 1.54) is 6.07 Å². The Balaban J connectivity index is 3.02. The van der Waals surface area contributed by atoms with Crippen LogP contribution in [0.25, 0.3) is 0 Å². The molecule has 0 bridgehead atoms. The van der Waals surface area contributed by atoms with Gasteiger partial charge in [0.2, 0.25) is 0 Å². The number of pyridine rings is 1. The van der Waals surface area contributed by atoms with Crippen molar-refractivity contribution in [3.05, 3.63) is 33.7 Å². The maximum atomic E-state index is 12.2. The van der Waals surface area contributed by atoms with Crippen LogP contribution in [-0.4, -0.2) is 27.5 Å². The van der Waals surface area contributed by atoms with Crippen LogP contribution in [-0.2, 0) is 4.79 Å². The molecule has 3 N–H and O–H groups in total. The minimum atomic E-state index is -0.980.